The first-order chi connectivity index (χ1) is 15.9. The Morgan fingerprint density at radius 1 is 1.00 bits per heavy atom. The monoisotopic (exact) mass is 437 g/mol. The number of carbonyl (C=O) groups is 1. The molecule has 33 heavy (non-hydrogen) atoms. The normalized spacial score (nSPS) is 12.2. The van der Waals surface area contributed by atoms with Crippen LogP contribution < -0.4 is 5.56 Å². The molecule has 5 rings (SSSR count). The van der Waals surface area contributed by atoms with E-state index >= 15 is 0 Å². The molecule has 3 heterocycles. The fraction of sp³-hybridized carbons (Fsp3) is 0.154. The lowest BCUT2D eigenvalue weighted by Crippen LogP contribution is -2.35. The van der Waals surface area contributed by atoms with Gasteiger partial charge in [-0.3, -0.25) is 18.6 Å². The van der Waals surface area contributed by atoms with E-state index in [0.717, 1.165) is 27.8 Å². The zero-order chi connectivity index (χ0) is 23.1. The van der Waals surface area contributed by atoms with Crippen LogP contribution in [-0.4, -0.2) is 36.8 Å². The van der Waals surface area contributed by atoms with E-state index in [4.69, 9.17) is 0 Å². The van der Waals surface area contributed by atoms with E-state index in [1.165, 1.54) is 10.6 Å². The van der Waals surface area contributed by atoms with E-state index in [9.17, 15) is 9.59 Å². The minimum Gasteiger partial charge on any atom is -0.335 e. The molecule has 0 saturated heterocycles. The number of carbonyl (C=O) groups excluding carboxylic acids is 1. The number of para-hydroxylation sites is 2. The second-order valence-corrected chi connectivity index (χ2v) is 8.20. The van der Waals surface area contributed by atoms with E-state index in [2.05, 4.69) is 9.97 Å². The molecule has 164 valence electrons. The largest absolute Gasteiger partial charge is 0.335 e. The summed E-state index contributed by atoms with van der Waals surface area (Å²) in [7, 11) is 1.70. The van der Waals surface area contributed by atoms with Crippen molar-refractivity contribution >= 4 is 22.6 Å². The van der Waals surface area contributed by atoms with Crippen molar-refractivity contribution in [1.82, 2.24) is 23.8 Å². The number of amides is 1. The number of benzene rings is 2. The molecular weight excluding hydrogens is 414 g/mol. The van der Waals surface area contributed by atoms with Crippen molar-refractivity contribution in [1.29, 1.82) is 0 Å². The van der Waals surface area contributed by atoms with E-state index in [1.807, 2.05) is 73.0 Å². The van der Waals surface area contributed by atoms with Crippen LogP contribution >= 0.6 is 0 Å². The summed E-state index contributed by atoms with van der Waals surface area (Å²) in [6.07, 6.45) is 4.87. The molecule has 0 aliphatic heterocycles. The third-order valence-electron chi connectivity index (χ3n) is 6.09. The number of aromatic nitrogens is 4. The third-order valence-corrected chi connectivity index (χ3v) is 6.09. The van der Waals surface area contributed by atoms with Gasteiger partial charge in [0.05, 0.1) is 17.1 Å². The minimum absolute atomic E-state index is 0.0500. The maximum absolute atomic E-state index is 13.2. The topological polar surface area (TPSA) is 72.5 Å². The Kier molecular flexibility index (Phi) is 5.01. The molecule has 0 radical (unpaired) electrons. The molecule has 0 fully saturated rings. The first-order valence-corrected chi connectivity index (χ1v) is 10.7. The molecule has 3 aromatic heterocycles. The van der Waals surface area contributed by atoms with E-state index in [0.29, 0.717) is 5.65 Å². The molecule has 0 N–H and O–H groups in total. The van der Waals surface area contributed by atoms with Crippen LogP contribution in [0.25, 0.3) is 22.4 Å². The standard InChI is InChI=1S/C26H23N5O2/c1-17-8-13-24-27-14-21(26(33)30(24)15-17)25(32)29(3)18(2)19-9-11-20(12-10-19)31-16-28-22-6-4-5-7-23(22)31/h4-16,18H,1-3H3. The maximum Gasteiger partial charge on any atom is 0.270 e. The van der Waals surface area contributed by atoms with Crippen molar-refractivity contribution in [2.45, 2.75) is 19.9 Å². The predicted molar refractivity (Wildman–Crippen MR) is 128 cm³/mol. The van der Waals surface area contributed by atoms with E-state index < -0.39 is 0 Å². The molecule has 7 nitrogen and oxygen atoms in total. The Hall–Kier alpha value is -4.26. The number of imidazole rings is 1. The van der Waals surface area contributed by atoms with Gasteiger partial charge in [0.1, 0.15) is 17.5 Å². The summed E-state index contributed by atoms with van der Waals surface area (Å²) in [6.45, 7) is 3.83. The van der Waals surface area contributed by atoms with Crippen molar-refractivity contribution in [3.8, 4) is 5.69 Å². The molecule has 5 aromatic rings. The van der Waals surface area contributed by atoms with Gasteiger partial charge in [-0.1, -0.05) is 30.3 Å². The lowest BCUT2D eigenvalue weighted by atomic mass is 10.1. The molecule has 7 heteroatoms. The van der Waals surface area contributed by atoms with E-state index in [1.54, 1.807) is 30.5 Å². The molecular formula is C26H23N5O2. The Bertz CT molecular complexity index is 1550. The summed E-state index contributed by atoms with van der Waals surface area (Å²) >= 11 is 0. The van der Waals surface area contributed by atoms with Crippen LogP contribution in [0.4, 0.5) is 0 Å². The highest BCUT2D eigenvalue weighted by Gasteiger charge is 2.22. The Morgan fingerprint density at radius 2 is 1.76 bits per heavy atom. The number of fused-ring (bicyclic) bond motifs is 2. The predicted octanol–water partition coefficient (Wildman–Crippen LogP) is 4.18. The number of nitrogens with zero attached hydrogens (tertiary/aromatic N) is 5. The van der Waals surface area contributed by atoms with Gasteiger partial charge >= 0.3 is 0 Å². The highest BCUT2D eigenvalue weighted by atomic mass is 16.2. The average Bonchev–Trinajstić information content (AvgIpc) is 3.28. The molecule has 0 bridgehead atoms. The third kappa shape index (κ3) is 3.57. The van der Waals surface area contributed by atoms with Gasteiger partial charge in [-0.25, -0.2) is 9.97 Å². The molecule has 0 saturated carbocycles. The van der Waals surface area contributed by atoms with Gasteiger partial charge in [0, 0.05) is 25.1 Å². The van der Waals surface area contributed by atoms with Crippen LogP contribution in [0.1, 0.15) is 34.5 Å². The lowest BCUT2D eigenvalue weighted by Gasteiger charge is -2.25. The molecule has 1 unspecified atom stereocenters. The van der Waals surface area contributed by atoms with Crippen molar-refractivity contribution in [2.24, 2.45) is 0 Å². The maximum atomic E-state index is 13.2. The average molecular weight is 438 g/mol. The van der Waals surface area contributed by atoms with Gasteiger partial charge in [0.2, 0.25) is 0 Å². The molecule has 0 aliphatic carbocycles. The number of pyridine rings is 1. The Balaban J connectivity index is 1.42. The molecule has 2 aromatic carbocycles. The van der Waals surface area contributed by atoms with Crippen LogP contribution in [0, 0.1) is 6.92 Å². The second kappa shape index (κ2) is 8.02. The van der Waals surface area contributed by atoms with Gasteiger partial charge in [-0.05, 0) is 55.3 Å². The highest BCUT2D eigenvalue weighted by Crippen LogP contribution is 2.23. The summed E-state index contributed by atoms with van der Waals surface area (Å²) in [6, 6.07) is 19.4. The van der Waals surface area contributed by atoms with Crippen molar-refractivity contribution < 1.29 is 4.79 Å². The Labute approximate surface area is 190 Å². The zero-order valence-electron chi connectivity index (χ0n) is 18.6. The molecule has 0 aliphatic rings. The summed E-state index contributed by atoms with van der Waals surface area (Å²) in [5, 5.41) is 0. The summed E-state index contributed by atoms with van der Waals surface area (Å²) in [5.41, 5.74) is 5.04. The van der Waals surface area contributed by atoms with Crippen LogP contribution in [0.5, 0.6) is 0 Å². The summed E-state index contributed by atoms with van der Waals surface area (Å²) in [5.74, 6) is -0.361. The SMILES string of the molecule is Cc1ccc2ncc(C(=O)N(C)C(C)c3ccc(-n4cnc5ccccc54)cc3)c(=O)n2c1. The van der Waals surface area contributed by atoms with Gasteiger partial charge in [0.15, 0.2) is 0 Å². The van der Waals surface area contributed by atoms with Gasteiger partial charge in [0.25, 0.3) is 11.5 Å². The van der Waals surface area contributed by atoms with Crippen LogP contribution in [0.15, 0.2) is 84.2 Å². The molecule has 1 amide bonds. The highest BCUT2D eigenvalue weighted by molar-refractivity contribution is 5.93. The van der Waals surface area contributed by atoms with Gasteiger partial charge in [-0.2, -0.15) is 0 Å². The minimum atomic E-state index is -0.366. The summed E-state index contributed by atoms with van der Waals surface area (Å²) in [4.78, 5) is 36.4. The Morgan fingerprint density at radius 3 is 2.55 bits per heavy atom. The smallest absolute Gasteiger partial charge is 0.270 e. The van der Waals surface area contributed by atoms with E-state index in [-0.39, 0.29) is 23.1 Å². The van der Waals surface area contributed by atoms with Crippen LogP contribution in [-0.2, 0) is 0 Å². The number of aryl methyl sites for hydroxylation is 1. The zero-order valence-corrected chi connectivity index (χ0v) is 18.6. The van der Waals surface area contributed by atoms with Gasteiger partial charge < -0.3 is 4.90 Å². The first-order valence-electron chi connectivity index (χ1n) is 10.7. The van der Waals surface area contributed by atoms with Gasteiger partial charge in [-0.15, -0.1) is 0 Å². The molecule has 0 spiro atoms. The van der Waals surface area contributed by atoms with Crippen LogP contribution in [0.3, 0.4) is 0 Å². The van der Waals surface area contributed by atoms with Crippen molar-refractivity contribution in [3.05, 3.63) is 106 Å². The number of rotatable bonds is 4. The molecule has 1 atom stereocenters. The number of hydrogen-bond acceptors (Lipinski definition) is 4. The fourth-order valence-corrected chi connectivity index (χ4v) is 4.00. The first kappa shape index (κ1) is 20.6. The summed E-state index contributed by atoms with van der Waals surface area (Å²) < 4.78 is 3.45. The van der Waals surface area contributed by atoms with Crippen LogP contribution in [0.2, 0.25) is 0 Å². The fourth-order valence-electron chi connectivity index (χ4n) is 4.00. The quantitative estimate of drug-likeness (QED) is 0.423. The van der Waals surface area contributed by atoms with Crippen molar-refractivity contribution in [3.63, 3.8) is 0 Å². The van der Waals surface area contributed by atoms with Crippen molar-refractivity contribution in [2.75, 3.05) is 7.05 Å². The second-order valence-electron chi connectivity index (χ2n) is 8.20. The lowest BCUT2D eigenvalue weighted by molar-refractivity contribution is 0.0740. The number of hydrogen-bond donors (Lipinski definition) is 0.